The highest BCUT2D eigenvalue weighted by Gasteiger charge is 2.18. The molecule has 0 unspecified atom stereocenters. The van der Waals surface area contributed by atoms with E-state index < -0.39 is 5.97 Å². The number of ketones is 1. The topological polar surface area (TPSA) is 54.4 Å². The van der Waals surface area contributed by atoms with E-state index in [1.807, 2.05) is 6.92 Å². The number of hydrogen-bond acceptors (Lipinski definition) is 3. The Balaban J connectivity index is 2.63. The molecule has 4 heteroatoms. The molecule has 3 nitrogen and oxygen atoms in total. The molecule has 0 atom stereocenters. The van der Waals surface area contributed by atoms with Crippen LogP contribution in [0.1, 0.15) is 26.2 Å². The van der Waals surface area contributed by atoms with Crippen molar-refractivity contribution in [3.63, 3.8) is 0 Å². The van der Waals surface area contributed by atoms with Gasteiger partial charge >= 0.3 is 5.97 Å². The van der Waals surface area contributed by atoms with E-state index in [1.54, 1.807) is 0 Å². The Morgan fingerprint density at radius 2 is 2.23 bits per heavy atom. The average Bonchev–Trinajstić information content (AvgIpc) is 2.03. The van der Waals surface area contributed by atoms with Gasteiger partial charge in [-0.3, -0.25) is 9.59 Å². The summed E-state index contributed by atoms with van der Waals surface area (Å²) in [6.07, 6.45) is 2.40. The molecule has 0 amide bonds. The van der Waals surface area contributed by atoms with Crippen LogP contribution in [0, 0.1) is 0 Å². The lowest BCUT2D eigenvalue weighted by Gasteiger charge is -2.14. The SMILES string of the molecule is CC1=C(SCC(=O)O)C(=O)CCC1. The minimum atomic E-state index is -0.872. The largest absolute Gasteiger partial charge is 0.481 e. The van der Waals surface area contributed by atoms with E-state index in [0.29, 0.717) is 11.3 Å². The van der Waals surface area contributed by atoms with Crippen LogP contribution in [0.5, 0.6) is 0 Å². The quantitative estimate of drug-likeness (QED) is 0.755. The van der Waals surface area contributed by atoms with Crippen LogP contribution in [0.15, 0.2) is 10.5 Å². The van der Waals surface area contributed by atoms with Crippen LogP contribution in [-0.4, -0.2) is 22.6 Å². The van der Waals surface area contributed by atoms with Crippen molar-refractivity contribution in [3.8, 4) is 0 Å². The van der Waals surface area contributed by atoms with Crippen LogP contribution >= 0.6 is 11.8 Å². The number of carbonyl (C=O) groups is 2. The lowest BCUT2D eigenvalue weighted by molar-refractivity contribution is -0.133. The number of thioether (sulfide) groups is 1. The second kappa shape index (κ2) is 4.46. The number of allylic oxidation sites excluding steroid dienone is 2. The van der Waals surface area contributed by atoms with Crippen molar-refractivity contribution < 1.29 is 14.7 Å². The molecule has 0 radical (unpaired) electrons. The molecule has 0 aromatic heterocycles. The highest BCUT2D eigenvalue weighted by Crippen LogP contribution is 2.29. The third kappa shape index (κ3) is 2.88. The molecular weight excluding hydrogens is 188 g/mol. The molecule has 1 rings (SSSR count). The van der Waals surface area contributed by atoms with Gasteiger partial charge in [0.1, 0.15) is 0 Å². The van der Waals surface area contributed by atoms with Crippen LogP contribution in [0.4, 0.5) is 0 Å². The first-order valence-electron chi connectivity index (χ1n) is 4.19. The van der Waals surface area contributed by atoms with Gasteiger partial charge in [-0.25, -0.2) is 0 Å². The lowest BCUT2D eigenvalue weighted by Crippen LogP contribution is -2.10. The van der Waals surface area contributed by atoms with E-state index in [4.69, 9.17) is 5.11 Å². The molecule has 0 spiro atoms. The van der Waals surface area contributed by atoms with E-state index >= 15 is 0 Å². The summed E-state index contributed by atoms with van der Waals surface area (Å²) in [5.41, 5.74) is 1.04. The summed E-state index contributed by atoms with van der Waals surface area (Å²) in [5.74, 6) is -0.781. The van der Waals surface area contributed by atoms with Gasteiger partial charge in [-0.15, -0.1) is 11.8 Å². The van der Waals surface area contributed by atoms with Crippen molar-refractivity contribution in [3.05, 3.63) is 10.5 Å². The molecule has 0 bridgehead atoms. The van der Waals surface area contributed by atoms with Crippen molar-refractivity contribution in [2.45, 2.75) is 26.2 Å². The molecular formula is C9H12O3S. The molecule has 0 aliphatic heterocycles. The smallest absolute Gasteiger partial charge is 0.313 e. The van der Waals surface area contributed by atoms with E-state index in [0.717, 1.165) is 30.2 Å². The number of Topliss-reactive ketones (excluding diaryl/α,β-unsaturated/α-hetero) is 1. The molecule has 72 valence electrons. The van der Waals surface area contributed by atoms with Crippen molar-refractivity contribution in [1.82, 2.24) is 0 Å². The number of carboxylic acid groups (broad SMARTS) is 1. The molecule has 13 heavy (non-hydrogen) atoms. The highest BCUT2D eigenvalue weighted by atomic mass is 32.2. The second-order valence-corrected chi connectivity index (χ2v) is 4.05. The fourth-order valence-electron chi connectivity index (χ4n) is 1.32. The van der Waals surface area contributed by atoms with Gasteiger partial charge in [-0.05, 0) is 19.8 Å². The maximum Gasteiger partial charge on any atom is 0.313 e. The number of aliphatic carboxylic acids is 1. The normalized spacial score (nSPS) is 17.8. The molecule has 0 heterocycles. The summed E-state index contributed by atoms with van der Waals surface area (Å²) in [7, 11) is 0. The van der Waals surface area contributed by atoms with Gasteiger partial charge in [0.2, 0.25) is 0 Å². The van der Waals surface area contributed by atoms with Gasteiger partial charge in [0.15, 0.2) is 5.78 Å². The minimum Gasteiger partial charge on any atom is -0.481 e. The predicted octanol–water partition coefficient (Wildman–Crippen LogP) is 1.83. The summed E-state index contributed by atoms with van der Waals surface area (Å²) in [6.45, 7) is 1.90. The monoisotopic (exact) mass is 200 g/mol. The summed E-state index contributed by atoms with van der Waals surface area (Å²) >= 11 is 1.15. The van der Waals surface area contributed by atoms with Gasteiger partial charge in [0.05, 0.1) is 5.75 Å². The fraction of sp³-hybridized carbons (Fsp3) is 0.556. The average molecular weight is 200 g/mol. The Labute approximate surface area is 81.2 Å². The Morgan fingerprint density at radius 3 is 2.77 bits per heavy atom. The van der Waals surface area contributed by atoms with Gasteiger partial charge in [-0.2, -0.15) is 0 Å². The standard InChI is InChI=1S/C9H12O3S/c1-6-3-2-4-7(10)9(6)13-5-8(11)12/h2-5H2,1H3,(H,11,12). The Hall–Kier alpha value is -0.770. The lowest BCUT2D eigenvalue weighted by atomic mass is 10.00. The Morgan fingerprint density at radius 1 is 1.54 bits per heavy atom. The molecule has 1 N–H and O–H groups in total. The first-order chi connectivity index (χ1) is 6.11. The Kier molecular flexibility index (Phi) is 3.54. The van der Waals surface area contributed by atoms with Crippen LogP contribution in [0.2, 0.25) is 0 Å². The van der Waals surface area contributed by atoms with Gasteiger partial charge in [-0.1, -0.05) is 5.57 Å². The maximum atomic E-state index is 11.3. The zero-order valence-corrected chi connectivity index (χ0v) is 8.32. The zero-order valence-electron chi connectivity index (χ0n) is 7.50. The molecule has 0 saturated carbocycles. The number of rotatable bonds is 3. The zero-order chi connectivity index (χ0) is 9.84. The minimum absolute atomic E-state index is 0.0155. The van der Waals surface area contributed by atoms with Crippen LogP contribution in [0.25, 0.3) is 0 Å². The van der Waals surface area contributed by atoms with Crippen LogP contribution < -0.4 is 0 Å². The summed E-state index contributed by atoms with van der Waals surface area (Å²) in [5, 5.41) is 8.46. The first-order valence-corrected chi connectivity index (χ1v) is 5.17. The summed E-state index contributed by atoms with van der Waals surface area (Å²) in [4.78, 5) is 22.3. The first kappa shape index (κ1) is 10.3. The van der Waals surface area contributed by atoms with Crippen LogP contribution in [-0.2, 0) is 9.59 Å². The van der Waals surface area contributed by atoms with E-state index in [2.05, 4.69) is 0 Å². The van der Waals surface area contributed by atoms with Crippen molar-refractivity contribution in [2.75, 3.05) is 5.75 Å². The summed E-state index contributed by atoms with van der Waals surface area (Å²) < 4.78 is 0. The number of hydrogen-bond donors (Lipinski definition) is 1. The highest BCUT2D eigenvalue weighted by molar-refractivity contribution is 8.04. The number of carbonyl (C=O) groups excluding carboxylic acids is 1. The van der Waals surface area contributed by atoms with Gasteiger partial charge in [0, 0.05) is 11.3 Å². The number of carboxylic acids is 1. The van der Waals surface area contributed by atoms with E-state index in [9.17, 15) is 9.59 Å². The van der Waals surface area contributed by atoms with Crippen LogP contribution in [0.3, 0.4) is 0 Å². The third-order valence-electron chi connectivity index (χ3n) is 1.94. The van der Waals surface area contributed by atoms with Crippen molar-refractivity contribution >= 4 is 23.5 Å². The van der Waals surface area contributed by atoms with E-state index in [-0.39, 0.29) is 11.5 Å². The summed E-state index contributed by atoms with van der Waals surface area (Å²) in [6, 6.07) is 0. The predicted molar refractivity (Wildman–Crippen MR) is 51.7 cm³/mol. The second-order valence-electron chi connectivity index (χ2n) is 3.07. The third-order valence-corrected chi connectivity index (χ3v) is 3.19. The molecule has 0 saturated heterocycles. The van der Waals surface area contributed by atoms with Crippen molar-refractivity contribution in [2.24, 2.45) is 0 Å². The van der Waals surface area contributed by atoms with E-state index in [1.165, 1.54) is 0 Å². The van der Waals surface area contributed by atoms with Gasteiger partial charge < -0.3 is 5.11 Å². The molecule has 0 fully saturated rings. The maximum absolute atomic E-state index is 11.3. The van der Waals surface area contributed by atoms with Crippen molar-refractivity contribution in [1.29, 1.82) is 0 Å². The molecule has 1 aliphatic carbocycles. The Bertz CT molecular complexity index is 268. The molecule has 0 aromatic rings. The fourth-order valence-corrected chi connectivity index (χ4v) is 2.20. The molecule has 1 aliphatic rings. The van der Waals surface area contributed by atoms with Gasteiger partial charge in [0.25, 0.3) is 0 Å². The molecule has 0 aromatic carbocycles.